The summed E-state index contributed by atoms with van der Waals surface area (Å²) in [5.41, 5.74) is 8.92. The van der Waals surface area contributed by atoms with Gasteiger partial charge in [0.15, 0.2) is 0 Å². The molecular formula is C24H24FN3. The van der Waals surface area contributed by atoms with Gasteiger partial charge in [-0.2, -0.15) is 0 Å². The summed E-state index contributed by atoms with van der Waals surface area (Å²) in [7, 11) is 0. The van der Waals surface area contributed by atoms with Crippen molar-refractivity contribution >= 4 is 22.7 Å². The lowest BCUT2D eigenvalue weighted by molar-refractivity contribution is 0.226. The molecule has 6 rings (SSSR count). The molecule has 0 spiro atoms. The van der Waals surface area contributed by atoms with Crippen molar-refractivity contribution in [1.82, 2.24) is 14.5 Å². The minimum absolute atomic E-state index is 0.399. The SMILES string of the molecule is FCc1ccc2c(c1)c1c(n2C=C2CCc3cnccc32)CC2CCCN2C1. The molecule has 0 bridgehead atoms. The maximum absolute atomic E-state index is 13.4. The fourth-order valence-electron chi connectivity index (χ4n) is 5.50. The van der Waals surface area contributed by atoms with Crippen LogP contribution in [0.3, 0.4) is 0 Å². The molecule has 1 unspecified atom stereocenters. The Morgan fingerprint density at radius 3 is 3.11 bits per heavy atom. The van der Waals surface area contributed by atoms with Crippen LogP contribution < -0.4 is 0 Å². The number of fused-ring (bicyclic) bond motifs is 5. The van der Waals surface area contributed by atoms with E-state index in [1.54, 1.807) is 0 Å². The summed E-state index contributed by atoms with van der Waals surface area (Å²) in [6.45, 7) is 1.80. The Morgan fingerprint density at radius 1 is 1.21 bits per heavy atom. The van der Waals surface area contributed by atoms with Crippen LogP contribution in [0.25, 0.3) is 22.7 Å². The third kappa shape index (κ3) is 2.40. The lowest BCUT2D eigenvalue weighted by atomic mass is 9.98. The summed E-state index contributed by atoms with van der Waals surface area (Å²) in [5.74, 6) is 0. The quantitative estimate of drug-likeness (QED) is 0.632. The molecule has 3 nitrogen and oxygen atoms in total. The summed E-state index contributed by atoms with van der Waals surface area (Å²) < 4.78 is 15.8. The van der Waals surface area contributed by atoms with E-state index >= 15 is 0 Å². The first-order chi connectivity index (χ1) is 13.8. The predicted octanol–water partition coefficient (Wildman–Crippen LogP) is 4.97. The number of allylic oxidation sites excluding steroid dienone is 1. The van der Waals surface area contributed by atoms with Crippen LogP contribution in [0.5, 0.6) is 0 Å². The van der Waals surface area contributed by atoms with Crippen LogP contribution in [0.1, 0.15) is 47.2 Å². The third-order valence-electron chi connectivity index (χ3n) is 6.93. The van der Waals surface area contributed by atoms with Gasteiger partial charge in [-0.1, -0.05) is 6.07 Å². The van der Waals surface area contributed by atoms with Gasteiger partial charge in [-0.25, -0.2) is 4.39 Å². The number of aryl methyl sites for hydroxylation is 1. The molecule has 0 radical (unpaired) electrons. The molecule has 1 saturated heterocycles. The molecule has 3 aromatic rings. The topological polar surface area (TPSA) is 21.1 Å². The van der Waals surface area contributed by atoms with E-state index in [0.29, 0.717) is 6.04 Å². The molecule has 2 aliphatic heterocycles. The second kappa shape index (κ2) is 6.28. The maximum Gasteiger partial charge on any atom is 0.115 e. The molecule has 2 aromatic heterocycles. The van der Waals surface area contributed by atoms with Gasteiger partial charge in [0.2, 0.25) is 0 Å². The average Bonchev–Trinajstić information content (AvgIpc) is 3.43. The molecule has 1 aromatic carbocycles. The van der Waals surface area contributed by atoms with Crippen LogP contribution in [-0.2, 0) is 26.1 Å². The third-order valence-corrected chi connectivity index (χ3v) is 6.93. The van der Waals surface area contributed by atoms with Gasteiger partial charge in [0.05, 0.1) is 5.52 Å². The van der Waals surface area contributed by atoms with E-state index in [1.807, 2.05) is 18.5 Å². The van der Waals surface area contributed by atoms with Gasteiger partial charge in [-0.05, 0) is 78.3 Å². The Labute approximate surface area is 164 Å². The highest BCUT2D eigenvalue weighted by Crippen LogP contribution is 2.39. The smallest absolute Gasteiger partial charge is 0.115 e. The Kier molecular flexibility index (Phi) is 3.70. The van der Waals surface area contributed by atoms with Crippen molar-refractivity contribution in [2.24, 2.45) is 0 Å². The molecule has 3 aliphatic rings. The van der Waals surface area contributed by atoms with Crippen LogP contribution in [0, 0.1) is 0 Å². The number of benzene rings is 1. The molecular weight excluding hydrogens is 349 g/mol. The highest BCUT2D eigenvalue weighted by Gasteiger charge is 2.33. The van der Waals surface area contributed by atoms with Gasteiger partial charge >= 0.3 is 0 Å². The zero-order valence-corrected chi connectivity index (χ0v) is 16.0. The van der Waals surface area contributed by atoms with Gasteiger partial charge in [0.1, 0.15) is 6.67 Å². The van der Waals surface area contributed by atoms with E-state index in [0.717, 1.165) is 31.4 Å². The number of nitrogens with zero attached hydrogens (tertiary/aromatic N) is 3. The van der Waals surface area contributed by atoms with E-state index in [2.05, 4.69) is 38.9 Å². The summed E-state index contributed by atoms with van der Waals surface area (Å²) in [5, 5.41) is 1.24. The average molecular weight is 373 g/mol. The first-order valence-electron chi connectivity index (χ1n) is 10.4. The molecule has 0 saturated carbocycles. The van der Waals surface area contributed by atoms with E-state index in [1.165, 1.54) is 58.2 Å². The van der Waals surface area contributed by atoms with Crippen molar-refractivity contribution in [3.63, 3.8) is 0 Å². The predicted molar refractivity (Wildman–Crippen MR) is 111 cm³/mol. The second-order valence-corrected chi connectivity index (χ2v) is 8.44. The fraction of sp³-hybridized carbons (Fsp3) is 0.375. The van der Waals surface area contributed by atoms with Crippen LogP contribution in [-0.4, -0.2) is 27.0 Å². The van der Waals surface area contributed by atoms with Gasteiger partial charge in [-0.15, -0.1) is 0 Å². The lowest BCUT2D eigenvalue weighted by Gasteiger charge is -2.30. The first-order valence-corrected chi connectivity index (χ1v) is 10.4. The molecule has 4 heterocycles. The highest BCUT2D eigenvalue weighted by molar-refractivity contribution is 5.91. The molecule has 0 amide bonds. The van der Waals surface area contributed by atoms with E-state index in [9.17, 15) is 4.39 Å². The Balaban J connectivity index is 1.56. The molecule has 1 atom stereocenters. The van der Waals surface area contributed by atoms with E-state index < -0.39 is 6.67 Å². The van der Waals surface area contributed by atoms with E-state index in [4.69, 9.17) is 0 Å². The maximum atomic E-state index is 13.4. The molecule has 142 valence electrons. The van der Waals surface area contributed by atoms with Crippen molar-refractivity contribution in [3.05, 3.63) is 64.6 Å². The van der Waals surface area contributed by atoms with E-state index in [-0.39, 0.29) is 0 Å². The van der Waals surface area contributed by atoms with Gasteiger partial charge < -0.3 is 4.57 Å². The summed E-state index contributed by atoms with van der Waals surface area (Å²) in [4.78, 5) is 6.91. The minimum atomic E-state index is -0.399. The molecule has 4 heteroatoms. The van der Waals surface area contributed by atoms with Crippen molar-refractivity contribution < 1.29 is 4.39 Å². The summed E-state index contributed by atoms with van der Waals surface area (Å²) >= 11 is 0. The highest BCUT2D eigenvalue weighted by atomic mass is 19.1. The lowest BCUT2D eigenvalue weighted by Crippen LogP contribution is -2.35. The number of hydrogen-bond donors (Lipinski definition) is 0. The minimum Gasteiger partial charge on any atom is -0.320 e. The van der Waals surface area contributed by atoms with Gasteiger partial charge in [0, 0.05) is 48.7 Å². The summed E-state index contributed by atoms with van der Waals surface area (Å²) in [6.07, 6.45) is 12.1. The van der Waals surface area contributed by atoms with Gasteiger partial charge in [-0.3, -0.25) is 9.88 Å². The zero-order chi connectivity index (χ0) is 18.7. The van der Waals surface area contributed by atoms with Crippen LogP contribution in [0.2, 0.25) is 0 Å². The zero-order valence-electron chi connectivity index (χ0n) is 16.0. The van der Waals surface area contributed by atoms with Crippen LogP contribution in [0.4, 0.5) is 4.39 Å². The summed E-state index contributed by atoms with van der Waals surface area (Å²) in [6, 6.07) is 8.94. The monoisotopic (exact) mass is 373 g/mol. The number of alkyl halides is 1. The van der Waals surface area contributed by atoms with Crippen LogP contribution >= 0.6 is 0 Å². The van der Waals surface area contributed by atoms with Crippen molar-refractivity contribution in [1.29, 1.82) is 0 Å². The molecule has 1 aliphatic carbocycles. The van der Waals surface area contributed by atoms with Crippen molar-refractivity contribution in [2.45, 2.75) is 51.4 Å². The number of aromatic nitrogens is 2. The Hall–Kier alpha value is -2.46. The largest absolute Gasteiger partial charge is 0.320 e. The Bertz CT molecular complexity index is 1110. The van der Waals surface area contributed by atoms with Crippen LogP contribution in [0.15, 0.2) is 36.7 Å². The standard InChI is InChI=1S/C24H24FN3/c25-12-16-3-6-23-21(10-16)22-15-27-9-1-2-19(27)11-24(22)28(23)14-18-5-4-17-13-26-8-7-20(17)18/h3,6-8,10,13-14,19H,1-2,4-5,9,11-12,15H2. The normalized spacial score (nSPS) is 22.6. The number of rotatable bonds is 2. The molecule has 28 heavy (non-hydrogen) atoms. The number of pyridine rings is 1. The number of hydrogen-bond acceptors (Lipinski definition) is 2. The first kappa shape index (κ1) is 16.5. The molecule has 1 fully saturated rings. The van der Waals surface area contributed by atoms with Gasteiger partial charge in [0.25, 0.3) is 0 Å². The Morgan fingerprint density at radius 2 is 2.18 bits per heavy atom. The number of halogens is 1. The molecule has 0 N–H and O–H groups in total. The second-order valence-electron chi connectivity index (χ2n) is 8.44. The van der Waals surface area contributed by atoms with Crippen molar-refractivity contribution in [3.8, 4) is 0 Å². The fourth-order valence-corrected chi connectivity index (χ4v) is 5.50. The van der Waals surface area contributed by atoms with Crippen molar-refractivity contribution in [2.75, 3.05) is 6.54 Å².